The number of benzene rings is 2. The Morgan fingerprint density at radius 2 is 1.81 bits per heavy atom. The third-order valence-electron chi connectivity index (χ3n) is 7.59. The second-order valence-corrected chi connectivity index (χ2v) is 10.2. The van der Waals surface area contributed by atoms with Gasteiger partial charge in [0.2, 0.25) is 11.8 Å². The highest BCUT2D eigenvalue weighted by atomic mass is 35.5. The second-order valence-electron chi connectivity index (χ2n) is 9.76. The Morgan fingerprint density at radius 3 is 2.44 bits per heavy atom. The van der Waals surface area contributed by atoms with E-state index in [4.69, 9.17) is 16.3 Å². The first-order chi connectivity index (χ1) is 16.9. The van der Waals surface area contributed by atoms with Gasteiger partial charge in [-0.2, -0.15) is 0 Å². The number of halogens is 2. The lowest BCUT2D eigenvalue weighted by atomic mass is 9.77. The molecule has 1 atom stereocenters. The van der Waals surface area contributed by atoms with E-state index in [-0.39, 0.29) is 29.8 Å². The van der Waals surface area contributed by atoms with E-state index in [2.05, 4.69) is 10.2 Å². The fraction of sp³-hybridized carbons (Fsp3) is 0.500. The van der Waals surface area contributed by atoms with Crippen LogP contribution >= 0.6 is 24.0 Å². The zero-order valence-electron chi connectivity index (χ0n) is 21.2. The van der Waals surface area contributed by atoms with E-state index < -0.39 is 0 Å². The lowest BCUT2D eigenvalue weighted by Gasteiger charge is -2.38. The molecule has 2 saturated heterocycles. The fourth-order valence-corrected chi connectivity index (χ4v) is 5.52. The number of ether oxygens (including phenoxy) is 1. The van der Waals surface area contributed by atoms with Crippen molar-refractivity contribution in [2.75, 3.05) is 33.3 Å². The molecule has 0 bridgehead atoms. The molecule has 2 heterocycles. The molecule has 2 aromatic carbocycles. The topological polar surface area (TPSA) is 61.9 Å². The van der Waals surface area contributed by atoms with Crippen molar-refractivity contribution in [3.8, 4) is 5.75 Å². The second kappa shape index (κ2) is 12.8. The van der Waals surface area contributed by atoms with E-state index in [9.17, 15) is 9.59 Å². The van der Waals surface area contributed by atoms with Crippen LogP contribution in [0.25, 0.3) is 0 Å². The third-order valence-corrected chi connectivity index (χ3v) is 7.82. The molecule has 6 nitrogen and oxygen atoms in total. The SMILES string of the molecule is CCC(=O)NC(CCN1CCC2(CC1)CCN(Cc1ccc(OC)cc1)C2=O)c1cccc(Cl)c1.Cl. The first kappa shape index (κ1) is 28.3. The maximum Gasteiger partial charge on any atom is 0.229 e. The van der Waals surface area contributed by atoms with Gasteiger partial charge in [0.05, 0.1) is 18.6 Å². The van der Waals surface area contributed by atoms with Gasteiger partial charge in [-0.15, -0.1) is 12.4 Å². The van der Waals surface area contributed by atoms with Gasteiger partial charge >= 0.3 is 0 Å². The lowest BCUT2D eigenvalue weighted by molar-refractivity contribution is -0.139. The Kier molecular flexibility index (Phi) is 10.1. The Labute approximate surface area is 225 Å². The number of amides is 2. The van der Waals surface area contributed by atoms with Gasteiger partial charge in [0.15, 0.2) is 0 Å². The maximum absolute atomic E-state index is 13.4. The number of carbonyl (C=O) groups is 2. The highest BCUT2D eigenvalue weighted by molar-refractivity contribution is 6.30. The Balaban J connectivity index is 0.00000361. The highest BCUT2D eigenvalue weighted by Crippen LogP contribution is 2.42. The summed E-state index contributed by atoms with van der Waals surface area (Å²) < 4.78 is 5.24. The average molecular weight is 535 g/mol. The maximum atomic E-state index is 13.4. The van der Waals surface area contributed by atoms with Crippen molar-refractivity contribution in [1.29, 1.82) is 0 Å². The Hall–Kier alpha value is -2.28. The summed E-state index contributed by atoms with van der Waals surface area (Å²) >= 11 is 6.20. The van der Waals surface area contributed by atoms with Crippen LogP contribution in [0.2, 0.25) is 5.02 Å². The van der Waals surface area contributed by atoms with E-state index in [1.165, 1.54) is 0 Å². The smallest absolute Gasteiger partial charge is 0.229 e. The monoisotopic (exact) mass is 533 g/mol. The van der Waals surface area contributed by atoms with Gasteiger partial charge in [0.1, 0.15) is 5.75 Å². The molecule has 0 aromatic heterocycles. The van der Waals surface area contributed by atoms with Gasteiger partial charge < -0.3 is 19.9 Å². The van der Waals surface area contributed by atoms with Crippen molar-refractivity contribution < 1.29 is 14.3 Å². The molecule has 1 N–H and O–H groups in total. The quantitative estimate of drug-likeness (QED) is 0.478. The minimum Gasteiger partial charge on any atom is -0.497 e. The van der Waals surface area contributed by atoms with Crippen LogP contribution in [0.15, 0.2) is 48.5 Å². The average Bonchev–Trinajstić information content (AvgIpc) is 3.17. The van der Waals surface area contributed by atoms with Crippen LogP contribution in [0.1, 0.15) is 56.2 Å². The van der Waals surface area contributed by atoms with Gasteiger partial charge in [0.25, 0.3) is 0 Å². The lowest BCUT2D eigenvalue weighted by Crippen LogP contribution is -2.45. The molecule has 2 aliphatic rings. The van der Waals surface area contributed by atoms with Crippen molar-refractivity contribution in [2.45, 2.75) is 51.6 Å². The number of nitrogens with one attached hydrogen (secondary N) is 1. The molecule has 36 heavy (non-hydrogen) atoms. The summed E-state index contributed by atoms with van der Waals surface area (Å²) in [4.78, 5) is 30.0. The molecule has 2 fully saturated rings. The van der Waals surface area contributed by atoms with E-state index in [1.54, 1.807) is 7.11 Å². The summed E-state index contributed by atoms with van der Waals surface area (Å²) in [5.41, 5.74) is 1.95. The fourth-order valence-electron chi connectivity index (χ4n) is 5.32. The predicted molar refractivity (Wildman–Crippen MR) is 146 cm³/mol. The normalized spacial score (nSPS) is 18.1. The van der Waals surface area contributed by atoms with Crippen LogP contribution in [-0.4, -0.2) is 54.9 Å². The number of likely N-dealkylation sites (tertiary alicyclic amines) is 2. The summed E-state index contributed by atoms with van der Waals surface area (Å²) in [7, 11) is 1.66. The van der Waals surface area contributed by atoms with Gasteiger partial charge in [-0.3, -0.25) is 9.59 Å². The van der Waals surface area contributed by atoms with E-state index in [1.807, 2.05) is 60.4 Å². The molecule has 1 spiro atoms. The highest BCUT2D eigenvalue weighted by Gasteiger charge is 2.47. The first-order valence-electron chi connectivity index (χ1n) is 12.6. The zero-order chi connectivity index (χ0) is 24.8. The predicted octanol–water partition coefficient (Wildman–Crippen LogP) is 5.24. The van der Waals surface area contributed by atoms with Crippen molar-refractivity contribution in [2.24, 2.45) is 5.41 Å². The molecular weight excluding hydrogens is 497 g/mol. The van der Waals surface area contributed by atoms with Gasteiger partial charge in [-0.05, 0) is 74.2 Å². The molecule has 2 aromatic rings. The van der Waals surface area contributed by atoms with E-state index in [0.29, 0.717) is 23.9 Å². The minimum atomic E-state index is -0.217. The molecule has 4 rings (SSSR count). The summed E-state index contributed by atoms with van der Waals surface area (Å²) in [5, 5.41) is 3.83. The zero-order valence-corrected chi connectivity index (χ0v) is 22.7. The van der Waals surface area contributed by atoms with Gasteiger partial charge in [0, 0.05) is 31.1 Å². The molecule has 8 heteroatoms. The number of hydrogen-bond acceptors (Lipinski definition) is 4. The molecule has 2 amide bonds. The number of methoxy groups -OCH3 is 1. The van der Waals surface area contributed by atoms with Crippen LogP contribution in [0.4, 0.5) is 0 Å². The number of carbonyl (C=O) groups excluding carboxylic acids is 2. The number of hydrogen-bond donors (Lipinski definition) is 1. The van der Waals surface area contributed by atoms with Gasteiger partial charge in [-0.25, -0.2) is 0 Å². The summed E-state index contributed by atoms with van der Waals surface area (Å²) in [6, 6.07) is 15.6. The Morgan fingerprint density at radius 1 is 1.11 bits per heavy atom. The number of rotatable bonds is 9. The van der Waals surface area contributed by atoms with Crippen LogP contribution in [0.3, 0.4) is 0 Å². The van der Waals surface area contributed by atoms with Crippen molar-refractivity contribution in [3.63, 3.8) is 0 Å². The number of piperidine rings is 1. The standard InChI is InChI=1S/C28H36ClN3O3.ClH/c1-3-26(33)30-25(22-5-4-6-23(29)19-22)11-15-31-16-12-28(13-17-31)14-18-32(27(28)34)20-21-7-9-24(35-2)10-8-21;/h4-10,19,25H,3,11-18,20H2,1-2H3,(H,30,33);1H. The van der Waals surface area contributed by atoms with Crippen LogP contribution in [0.5, 0.6) is 5.75 Å². The largest absolute Gasteiger partial charge is 0.497 e. The van der Waals surface area contributed by atoms with Crippen LogP contribution in [-0.2, 0) is 16.1 Å². The molecule has 0 saturated carbocycles. The van der Waals surface area contributed by atoms with Crippen LogP contribution < -0.4 is 10.1 Å². The van der Waals surface area contributed by atoms with Crippen molar-refractivity contribution in [1.82, 2.24) is 15.1 Å². The summed E-state index contributed by atoms with van der Waals surface area (Å²) in [5.74, 6) is 1.18. The molecular formula is C28H37Cl2N3O3. The first-order valence-corrected chi connectivity index (χ1v) is 13.0. The molecule has 196 valence electrons. The molecule has 1 unspecified atom stereocenters. The Bertz CT molecular complexity index is 1020. The molecule has 0 aliphatic carbocycles. The van der Waals surface area contributed by atoms with E-state index >= 15 is 0 Å². The van der Waals surface area contributed by atoms with Gasteiger partial charge in [-0.1, -0.05) is 42.8 Å². The molecule has 2 aliphatic heterocycles. The summed E-state index contributed by atoms with van der Waals surface area (Å²) in [6.07, 6.45) is 4.00. The van der Waals surface area contributed by atoms with Crippen molar-refractivity contribution >= 4 is 35.8 Å². The minimum absolute atomic E-state index is 0. The molecule has 0 radical (unpaired) electrons. The van der Waals surface area contributed by atoms with Crippen LogP contribution in [0, 0.1) is 5.41 Å². The third kappa shape index (κ3) is 6.72. The van der Waals surface area contributed by atoms with E-state index in [0.717, 1.165) is 68.7 Å². The van der Waals surface area contributed by atoms with Crippen molar-refractivity contribution in [3.05, 3.63) is 64.7 Å². The number of nitrogens with zero attached hydrogens (tertiary/aromatic N) is 2. The summed E-state index contributed by atoms with van der Waals surface area (Å²) in [6.45, 7) is 6.04.